The van der Waals surface area contributed by atoms with Gasteiger partial charge in [-0.2, -0.15) is 0 Å². The molecule has 0 aliphatic carbocycles. The maximum Gasteiger partial charge on any atom is 1.00 e. The average molecular weight is 359 g/mol. The first kappa shape index (κ1) is 26.1. The second-order valence-corrected chi connectivity index (χ2v) is 8.02. The summed E-state index contributed by atoms with van der Waals surface area (Å²) in [7, 11) is -4.10. The number of unbranched alkanes of at least 4 members (excludes halogenated alkanes) is 7. The Bertz CT molecular complexity index is 347. The van der Waals surface area contributed by atoms with Crippen molar-refractivity contribution in [3.63, 3.8) is 0 Å². The number of hydrogen-bond donors (Lipinski definition) is 1. The summed E-state index contributed by atoms with van der Waals surface area (Å²) in [5.41, 5.74) is 0. The number of rotatable bonds is 15. The molecule has 0 heterocycles. The van der Waals surface area contributed by atoms with Crippen molar-refractivity contribution >= 4 is 10.1 Å². The van der Waals surface area contributed by atoms with E-state index in [0.29, 0.717) is 12.8 Å². The second-order valence-electron chi connectivity index (χ2n) is 6.37. The van der Waals surface area contributed by atoms with Crippen LogP contribution in [0.25, 0.3) is 0 Å². The molecule has 0 aromatic heterocycles. The molecule has 0 saturated carbocycles. The third-order valence-corrected chi connectivity index (χ3v) is 5.68. The van der Waals surface area contributed by atoms with E-state index < -0.39 is 15.4 Å². The molecule has 0 fully saturated rings. The van der Waals surface area contributed by atoms with Crippen LogP contribution in [0.5, 0.6) is 0 Å². The van der Waals surface area contributed by atoms with Crippen LogP contribution in [0.2, 0.25) is 0 Å². The van der Waals surface area contributed by atoms with Crippen LogP contribution in [0.4, 0.5) is 0 Å². The molecule has 23 heavy (non-hydrogen) atoms. The fourth-order valence-corrected chi connectivity index (χ4v) is 3.71. The topological polar surface area (TPSA) is 77.4 Å². The minimum atomic E-state index is -4.10. The zero-order valence-corrected chi connectivity index (χ0v) is 18.2. The minimum absolute atomic E-state index is 0. The fraction of sp³-hybridized carbons (Fsp3) is 1.00. The van der Waals surface area contributed by atoms with Gasteiger partial charge in [0.2, 0.25) is 0 Å². The molecule has 6 heteroatoms. The van der Waals surface area contributed by atoms with Crippen molar-refractivity contribution in [2.24, 2.45) is 0 Å². The summed E-state index contributed by atoms with van der Waals surface area (Å²) >= 11 is 0. The molecule has 0 radical (unpaired) electrons. The smallest absolute Gasteiger partial charge is 0.748 e. The molecule has 1 N–H and O–H groups in total. The third kappa shape index (κ3) is 16.1. The maximum absolute atomic E-state index is 10.9. The van der Waals surface area contributed by atoms with Crippen molar-refractivity contribution in [2.45, 2.75) is 109 Å². The third-order valence-electron chi connectivity index (χ3n) is 4.30. The van der Waals surface area contributed by atoms with Gasteiger partial charge < -0.3 is 9.66 Å². The van der Waals surface area contributed by atoms with Crippen molar-refractivity contribution in [1.29, 1.82) is 0 Å². The largest absolute Gasteiger partial charge is 1.00 e. The van der Waals surface area contributed by atoms with Gasteiger partial charge in [0.05, 0.1) is 16.2 Å². The van der Waals surface area contributed by atoms with Crippen LogP contribution in [0, 0.1) is 0 Å². The Morgan fingerprint density at radius 1 is 0.826 bits per heavy atom. The van der Waals surface area contributed by atoms with Crippen molar-refractivity contribution in [2.75, 3.05) is 0 Å². The Labute approximate surface area is 165 Å². The summed E-state index contributed by atoms with van der Waals surface area (Å²) in [6.07, 6.45) is 12.6. The molecule has 0 aromatic rings. The van der Waals surface area contributed by atoms with Crippen molar-refractivity contribution in [1.82, 2.24) is 0 Å². The monoisotopic (exact) mass is 358 g/mol. The minimum Gasteiger partial charge on any atom is -0.748 e. The Balaban J connectivity index is 0. The molecule has 0 aliphatic heterocycles. The van der Waals surface area contributed by atoms with E-state index in [1.165, 1.54) is 25.7 Å². The number of aliphatic hydroxyl groups is 1. The predicted molar refractivity (Wildman–Crippen MR) is 90.9 cm³/mol. The van der Waals surface area contributed by atoms with Crippen LogP contribution in [0.15, 0.2) is 0 Å². The molecule has 2 atom stereocenters. The summed E-state index contributed by atoms with van der Waals surface area (Å²) < 4.78 is 32.8. The normalized spacial score (nSPS) is 14.3. The Kier molecular flexibility index (Phi) is 18.5. The predicted octanol–water partition coefficient (Wildman–Crippen LogP) is 1.38. The molecule has 4 nitrogen and oxygen atoms in total. The van der Waals surface area contributed by atoms with Crippen LogP contribution in [0.3, 0.4) is 0 Å². The Hall–Kier alpha value is 0.870. The van der Waals surface area contributed by atoms with Gasteiger partial charge in [0, 0.05) is 5.25 Å². The standard InChI is InChI=1S/C17H36O4S.Na/c1-3-13-16(18)14-11-9-7-5-6-8-10-12-15-17(4-2)22(19,20)21;/h16-18H,3-15H2,1-2H3,(H,19,20,21);/q;+1/p-1. The maximum atomic E-state index is 10.9. The van der Waals surface area contributed by atoms with Gasteiger partial charge in [-0.05, 0) is 25.7 Å². The van der Waals surface area contributed by atoms with Crippen LogP contribution in [0.1, 0.15) is 97.3 Å². The molecule has 0 spiro atoms. The van der Waals surface area contributed by atoms with Gasteiger partial charge in [0.1, 0.15) is 0 Å². The zero-order chi connectivity index (χ0) is 16.8. The quantitative estimate of drug-likeness (QED) is 0.272. The number of aliphatic hydroxyl groups excluding tert-OH is 1. The molecule has 0 bridgehead atoms. The first-order valence-electron chi connectivity index (χ1n) is 9.04. The van der Waals surface area contributed by atoms with Crippen LogP contribution in [-0.2, 0) is 10.1 Å². The van der Waals surface area contributed by atoms with Gasteiger partial charge in [0.25, 0.3) is 0 Å². The molecular formula is C17H35NaO4S. The average Bonchev–Trinajstić information content (AvgIpc) is 2.43. The summed E-state index contributed by atoms with van der Waals surface area (Å²) in [4.78, 5) is 0. The van der Waals surface area contributed by atoms with Crippen LogP contribution in [-0.4, -0.2) is 29.4 Å². The molecule has 2 unspecified atom stereocenters. The number of hydrogen-bond acceptors (Lipinski definition) is 4. The van der Waals surface area contributed by atoms with Gasteiger partial charge in [-0.15, -0.1) is 0 Å². The van der Waals surface area contributed by atoms with E-state index in [1.807, 2.05) is 0 Å². The fourth-order valence-electron chi connectivity index (χ4n) is 2.84. The first-order chi connectivity index (χ1) is 10.4. The molecule has 134 valence electrons. The van der Waals surface area contributed by atoms with Gasteiger partial charge in [-0.3, -0.25) is 0 Å². The Morgan fingerprint density at radius 2 is 1.26 bits per heavy atom. The van der Waals surface area contributed by atoms with Crippen molar-refractivity contribution < 1.29 is 47.6 Å². The summed E-state index contributed by atoms with van der Waals surface area (Å²) in [6.45, 7) is 3.86. The van der Waals surface area contributed by atoms with Crippen molar-refractivity contribution in [3.05, 3.63) is 0 Å². The van der Waals surface area contributed by atoms with E-state index >= 15 is 0 Å². The van der Waals surface area contributed by atoms with E-state index in [0.717, 1.165) is 44.9 Å². The molecular weight excluding hydrogens is 323 g/mol. The van der Waals surface area contributed by atoms with Gasteiger partial charge in [-0.1, -0.05) is 71.6 Å². The molecule has 0 aromatic carbocycles. The van der Waals surface area contributed by atoms with Crippen molar-refractivity contribution in [3.8, 4) is 0 Å². The molecule has 0 amide bonds. The summed E-state index contributed by atoms with van der Waals surface area (Å²) in [5, 5.41) is 8.91. The van der Waals surface area contributed by atoms with Gasteiger partial charge in [0.15, 0.2) is 0 Å². The zero-order valence-electron chi connectivity index (χ0n) is 15.4. The molecule has 0 aliphatic rings. The van der Waals surface area contributed by atoms with Gasteiger partial charge in [-0.25, -0.2) is 8.42 Å². The van der Waals surface area contributed by atoms with E-state index in [2.05, 4.69) is 6.92 Å². The summed E-state index contributed by atoms with van der Waals surface area (Å²) in [5.74, 6) is 0. The van der Waals surface area contributed by atoms with E-state index in [-0.39, 0.29) is 35.7 Å². The van der Waals surface area contributed by atoms with Crippen LogP contribution < -0.4 is 29.6 Å². The van der Waals surface area contributed by atoms with E-state index in [9.17, 15) is 18.1 Å². The molecule has 0 rings (SSSR count). The first-order valence-corrected chi connectivity index (χ1v) is 10.5. The van der Waals surface area contributed by atoms with E-state index in [1.54, 1.807) is 6.92 Å². The van der Waals surface area contributed by atoms with Gasteiger partial charge >= 0.3 is 29.6 Å². The Morgan fingerprint density at radius 3 is 1.65 bits per heavy atom. The van der Waals surface area contributed by atoms with Crippen LogP contribution >= 0.6 is 0 Å². The summed E-state index contributed by atoms with van der Waals surface area (Å²) in [6, 6.07) is 0. The SMILES string of the molecule is CCCC(O)CCCCCCCCCCC(CC)S(=O)(=O)[O-].[Na+]. The van der Waals surface area contributed by atoms with E-state index in [4.69, 9.17) is 0 Å². The molecule has 0 saturated heterocycles. The second kappa shape index (κ2) is 16.3.